The van der Waals surface area contributed by atoms with Crippen molar-refractivity contribution in [1.29, 1.82) is 0 Å². The maximum Gasteiger partial charge on any atom is 0.416 e. The number of hydrogen-bond acceptors (Lipinski definition) is 7. The number of aliphatic carboxylic acids is 1. The summed E-state index contributed by atoms with van der Waals surface area (Å²) in [5.74, 6) is -1.68. The molecule has 1 fully saturated rings. The second-order valence-corrected chi connectivity index (χ2v) is 8.29. The van der Waals surface area contributed by atoms with Gasteiger partial charge in [0.05, 0.1) is 17.0 Å². The fourth-order valence-corrected chi connectivity index (χ4v) is 3.75. The molecular weight excluding hydrogens is 506 g/mol. The van der Waals surface area contributed by atoms with Crippen molar-refractivity contribution in [2.75, 3.05) is 28.6 Å². The lowest BCUT2D eigenvalue weighted by molar-refractivity contribution is -0.142. The zero-order chi connectivity index (χ0) is 26.8. The van der Waals surface area contributed by atoms with Gasteiger partial charge in [0.1, 0.15) is 0 Å². The van der Waals surface area contributed by atoms with Gasteiger partial charge in [-0.3, -0.25) is 4.79 Å². The van der Waals surface area contributed by atoms with E-state index < -0.39 is 35.4 Å². The van der Waals surface area contributed by atoms with Crippen LogP contribution < -0.4 is 15.5 Å². The van der Waals surface area contributed by atoms with E-state index in [9.17, 15) is 36.2 Å². The summed E-state index contributed by atoms with van der Waals surface area (Å²) in [6.45, 7) is 0.569. The van der Waals surface area contributed by atoms with Crippen LogP contribution in [-0.2, 0) is 17.1 Å². The van der Waals surface area contributed by atoms with Crippen molar-refractivity contribution >= 4 is 35.2 Å². The number of nitrogens with one attached hydrogen (secondary N) is 2. The highest BCUT2D eigenvalue weighted by atomic mass is 19.4. The second-order valence-electron chi connectivity index (χ2n) is 8.29. The first-order chi connectivity index (χ1) is 17.4. The van der Waals surface area contributed by atoms with Crippen LogP contribution in [0.15, 0.2) is 48.5 Å². The molecular formula is C23H20F6N6O2. The minimum atomic E-state index is -4.58. The van der Waals surface area contributed by atoms with Gasteiger partial charge in [-0.05, 0) is 49.2 Å². The smallest absolute Gasteiger partial charge is 0.416 e. The Morgan fingerprint density at radius 2 is 1.27 bits per heavy atom. The number of alkyl halides is 6. The Hall–Kier alpha value is -4.10. The van der Waals surface area contributed by atoms with E-state index in [1.807, 2.05) is 0 Å². The first-order valence-corrected chi connectivity index (χ1v) is 11.0. The molecule has 3 N–H and O–H groups in total. The minimum absolute atomic E-state index is 0.0292. The van der Waals surface area contributed by atoms with Crippen LogP contribution in [0.3, 0.4) is 0 Å². The summed E-state index contributed by atoms with van der Waals surface area (Å²) in [4.78, 5) is 25.6. The van der Waals surface area contributed by atoms with Crippen LogP contribution in [0.1, 0.15) is 24.0 Å². The van der Waals surface area contributed by atoms with Gasteiger partial charge in [0.15, 0.2) is 0 Å². The topological polar surface area (TPSA) is 103 Å². The summed E-state index contributed by atoms with van der Waals surface area (Å²) in [5, 5.41) is 14.6. The molecule has 0 atom stereocenters. The molecule has 1 aromatic heterocycles. The Labute approximate surface area is 206 Å². The van der Waals surface area contributed by atoms with Crippen LogP contribution in [0, 0.1) is 5.92 Å². The predicted molar refractivity (Wildman–Crippen MR) is 122 cm³/mol. The number of benzene rings is 2. The van der Waals surface area contributed by atoms with Crippen LogP contribution in [0.4, 0.5) is 55.6 Å². The van der Waals surface area contributed by atoms with Crippen molar-refractivity contribution in [1.82, 2.24) is 15.0 Å². The van der Waals surface area contributed by atoms with Gasteiger partial charge in [0, 0.05) is 24.5 Å². The molecule has 37 heavy (non-hydrogen) atoms. The van der Waals surface area contributed by atoms with Gasteiger partial charge in [-0.2, -0.15) is 41.3 Å². The number of nitrogens with zero attached hydrogens (tertiary/aromatic N) is 4. The highest BCUT2D eigenvalue weighted by Gasteiger charge is 2.32. The maximum absolute atomic E-state index is 13.1. The van der Waals surface area contributed by atoms with Gasteiger partial charge in [0.2, 0.25) is 17.8 Å². The van der Waals surface area contributed by atoms with E-state index in [0.29, 0.717) is 12.8 Å². The molecule has 0 aliphatic carbocycles. The van der Waals surface area contributed by atoms with Crippen LogP contribution >= 0.6 is 0 Å². The average Bonchev–Trinajstić information content (AvgIpc) is 2.83. The molecule has 1 aliphatic heterocycles. The number of carboxylic acid groups (broad SMARTS) is 1. The van der Waals surface area contributed by atoms with E-state index in [2.05, 4.69) is 25.6 Å². The maximum atomic E-state index is 13.1. The lowest BCUT2D eigenvalue weighted by Crippen LogP contribution is -2.37. The van der Waals surface area contributed by atoms with E-state index >= 15 is 0 Å². The van der Waals surface area contributed by atoms with E-state index in [1.165, 1.54) is 24.3 Å². The van der Waals surface area contributed by atoms with Gasteiger partial charge in [-0.15, -0.1) is 0 Å². The number of halogens is 6. The molecule has 2 heterocycles. The molecule has 1 aliphatic rings. The number of piperidine rings is 1. The Kier molecular flexibility index (Phi) is 7.09. The van der Waals surface area contributed by atoms with Gasteiger partial charge in [0.25, 0.3) is 0 Å². The van der Waals surface area contributed by atoms with Crippen LogP contribution in [0.25, 0.3) is 0 Å². The lowest BCUT2D eigenvalue weighted by atomic mass is 9.97. The molecule has 1 saturated heterocycles. The summed E-state index contributed by atoms with van der Waals surface area (Å²) in [6, 6.07) is 8.67. The molecule has 4 rings (SSSR count). The molecule has 3 aromatic rings. The largest absolute Gasteiger partial charge is 0.481 e. The van der Waals surface area contributed by atoms with Crippen molar-refractivity contribution in [3.05, 3.63) is 59.7 Å². The normalized spacial score (nSPS) is 14.9. The Bertz CT molecular complexity index is 1200. The third kappa shape index (κ3) is 6.57. The summed E-state index contributed by atoms with van der Waals surface area (Å²) in [6.07, 6.45) is -8.53. The molecule has 0 bridgehead atoms. The highest BCUT2D eigenvalue weighted by Crippen LogP contribution is 2.33. The third-order valence-corrected chi connectivity index (χ3v) is 5.64. The average molecular weight is 526 g/mol. The van der Waals surface area contributed by atoms with E-state index in [1.54, 1.807) is 4.90 Å². The molecule has 196 valence electrons. The number of anilines is 5. The SMILES string of the molecule is O=C(O)C1CCN(c2nc(Nc3cccc(C(F)(F)F)c3)nc(Nc3cccc(C(F)(F)F)c3)n2)CC1. The van der Waals surface area contributed by atoms with Gasteiger partial charge in [-0.25, -0.2) is 0 Å². The first-order valence-electron chi connectivity index (χ1n) is 11.0. The number of carbonyl (C=O) groups is 1. The number of aromatic nitrogens is 3. The van der Waals surface area contributed by atoms with E-state index in [0.717, 1.165) is 24.3 Å². The number of hydrogen-bond donors (Lipinski definition) is 3. The monoisotopic (exact) mass is 526 g/mol. The molecule has 14 heteroatoms. The summed E-state index contributed by atoms with van der Waals surface area (Å²) < 4.78 is 78.7. The molecule has 8 nitrogen and oxygen atoms in total. The number of rotatable bonds is 6. The first kappa shape index (κ1) is 26.0. The summed E-state index contributed by atoms with van der Waals surface area (Å²) in [5.41, 5.74) is -1.74. The fourth-order valence-electron chi connectivity index (χ4n) is 3.75. The standard InChI is InChI=1S/C23H20F6N6O2/c24-22(25,26)14-3-1-5-16(11-14)30-19-32-20(31-17-6-2-4-15(12-17)23(27,28)29)34-21(33-19)35-9-7-13(8-10-35)18(36)37/h1-6,11-13H,7-10H2,(H,36,37)(H2,30,31,32,33,34). The zero-order valence-corrected chi connectivity index (χ0v) is 18.9. The van der Waals surface area contributed by atoms with Crippen molar-refractivity contribution in [3.63, 3.8) is 0 Å². The van der Waals surface area contributed by atoms with E-state index in [-0.39, 0.29) is 42.3 Å². The highest BCUT2D eigenvalue weighted by molar-refractivity contribution is 5.70. The predicted octanol–water partition coefficient (Wildman–Crippen LogP) is 5.70. The van der Waals surface area contributed by atoms with Crippen LogP contribution in [0.2, 0.25) is 0 Å². The molecule has 0 spiro atoms. The fraction of sp³-hybridized carbons (Fsp3) is 0.304. The molecule has 0 amide bonds. The lowest BCUT2D eigenvalue weighted by Gasteiger charge is -2.30. The Morgan fingerprint density at radius 3 is 1.68 bits per heavy atom. The summed E-state index contributed by atoms with van der Waals surface area (Å²) >= 11 is 0. The summed E-state index contributed by atoms with van der Waals surface area (Å²) in [7, 11) is 0. The van der Waals surface area contributed by atoms with Crippen molar-refractivity contribution in [3.8, 4) is 0 Å². The van der Waals surface area contributed by atoms with Crippen molar-refractivity contribution in [2.24, 2.45) is 5.92 Å². The molecule has 0 saturated carbocycles. The van der Waals surface area contributed by atoms with Crippen LogP contribution in [0.5, 0.6) is 0 Å². The quantitative estimate of drug-likeness (QED) is 0.352. The van der Waals surface area contributed by atoms with Gasteiger partial charge in [-0.1, -0.05) is 12.1 Å². The number of carboxylic acids is 1. The zero-order valence-electron chi connectivity index (χ0n) is 18.9. The van der Waals surface area contributed by atoms with Gasteiger partial charge < -0.3 is 20.6 Å². The Morgan fingerprint density at radius 1 is 0.811 bits per heavy atom. The second kappa shape index (κ2) is 10.1. The molecule has 2 aromatic carbocycles. The van der Waals surface area contributed by atoms with E-state index in [4.69, 9.17) is 0 Å². The van der Waals surface area contributed by atoms with Crippen molar-refractivity contribution < 1.29 is 36.2 Å². The Balaban J connectivity index is 1.65. The third-order valence-electron chi connectivity index (χ3n) is 5.64. The van der Waals surface area contributed by atoms with Gasteiger partial charge >= 0.3 is 18.3 Å². The minimum Gasteiger partial charge on any atom is -0.481 e. The molecule has 0 radical (unpaired) electrons. The van der Waals surface area contributed by atoms with Crippen LogP contribution in [-0.4, -0.2) is 39.1 Å². The van der Waals surface area contributed by atoms with Crippen molar-refractivity contribution in [2.45, 2.75) is 25.2 Å². The molecule has 0 unspecified atom stereocenters.